The second kappa shape index (κ2) is 14.6. The highest BCUT2D eigenvalue weighted by Gasteiger charge is 2.39. The van der Waals surface area contributed by atoms with Gasteiger partial charge in [0.05, 0.1) is 11.5 Å². The van der Waals surface area contributed by atoms with E-state index in [9.17, 15) is 36.3 Å². The molecule has 0 radical (unpaired) electrons. The van der Waals surface area contributed by atoms with Gasteiger partial charge in [-0.1, -0.05) is 18.2 Å². The molecule has 49 heavy (non-hydrogen) atoms. The van der Waals surface area contributed by atoms with Gasteiger partial charge in [0.25, 0.3) is 0 Å². The smallest absolute Gasteiger partial charge is 0.343 e. The number of urea groups is 1. The molecule has 2 aromatic rings. The molecule has 0 unspecified atom stereocenters. The molecular formula is C35H43F5N6O3. The van der Waals surface area contributed by atoms with Crippen LogP contribution < -0.4 is 5.32 Å². The number of hydrogen-bond donors (Lipinski definition) is 1. The van der Waals surface area contributed by atoms with Crippen LogP contribution in [0.5, 0.6) is 0 Å². The number of anilines is 1. The first-order valence-electron chi connectivity index (χ1n) is 17.1. The molecule has 4 amide bonds. The number of carbonyl (C=O) groups is 3. The maximum Gasteiger partial charge on any atom is 0.419 e. The van der Waals surface area contributed by atoms with E-state index in [1.54, 1.807) is 14.7 Å². The Bertz CT molecular complexity index is 1530. The number of piperidine rings is 2. The molecule has 1 N–H and O–H groups in total. The molecule has 6 rings (SSSR count). The van der Waals surface area contributed by atoms with Gasteiger partial charge in [-0.25, -0.2) is 13.6 Å². The summed E-state index contributed by atoms with van der Waals surface area (Å²) in [6.45, 7) is 5.84. The number of nitrogens with one attached hydrogen (secondary N) is 1. The first kappa shape index (κ1) is 35.1. The summed E-state index contributed by atoms with van der Waals surface area (Å²) in [6.07, 6.45) is -3.22. The van der Waals surface area contributed by atoms with E-state index >= 15 is 0 Å². The summed E-state index contributed by atoms with van der Waals surface area (Å²) < 4.78 is 69.2. The number of alkyl halides is 3. The number of rotatable bonds is 7. The third-order valence-corrected chi connectivity index (χ3v) is 10.6. The minimum atomic E-state index is -5.13. The Hall–Kier alpha value is -3.78. The van der Waals surface area contributed by atoms with Gasteiger partial charge in [0.15, 0.2) is 11.6 Å². The lowest BCUT2D eigenvalue weighted by Crippen LogP contribution is -2.54. The second-order valence-electron chi connectivity index (χ2n) is 13.8. The number of halogens is 5. The predicted octanol–water partition coefficient (Wildman–Crippen LogP) is 4.81. The van der Waals surface area contributed by atoms with E-state index in [2.05, 4.69) is 22.2 Å². The summed E-state index contributed by atoms with van der Waals surface area (Å²) in [5.74, 6) is -5.41. The number of nitrogens with zero attached hydrogens (tertiary/aromatic N) is 5. The Kier molecular flexibility index (Phi) is 10.4. The zero-order chi connectivity index (χ0) is 34.9. The minimum absolute atomic E-state index is 0.0978. The molecule has 2 aromatic carbocycles. The van der Waals surface area contributed by atoms with E-state index in [-0.39, 0.29) is 42.3 Å². The molecule has 0 aliphatic carbocycles. The van der Waals surface area contributed by atoms with Gasteiger partial charge in [-0.3, -0.25) is 14.5 Å². The van der Waals surface area contributed by atoms with Crippen LogP contribution in [-0.2, 0) is 28.7 Å². The van der Waals surface area contributed by atoms with Crippen molar-refractivity contribution in [2.75, 3.05) is 64.7 Å². The molecular weight excluding hydrogens is 647 g/mol. The summed E-state index contributed by atoms with van der Waals surface area (Å²) in [7, 11) is 2.08. The number of benzene rings is 2. The van der Waals surface area contributed by atoms with Crippen LogP contribution in [0.4, 0.5) is 32.4 Å². The van der Waals surface area contributed by atoms with Crippen LogP contribution in [0.2, 0.25) is 0 Å². The summed E-state index contributed by atoms with van der Waals surface area (Å²) in [4.78, 5) is 50.2. The van der Waals surface area contributed by atoms with Crippen LogP contribution in [0.1, 0.15) is 48.8 Å². The molecule has 266 valence electrons. The third kappa shape index (κ3) is 8.01. The van der Waals surface area contributed by atoms with E-state index in [0.717, 1.165) is 50.3 Å². The van der Waals surface area contributed by atoms with Crippen molar-refractivity contribution in [2.45, 2.75) is 63.3 Å². The number of para-hydroxylation sites is 1. The van der Waals surface area contributed by atoms with E-state index in [1.807, 2.05) is 24.3 Å². The highest BCUT2D eigenvalue weighted by atomic mass is 19.4. The summed E-state index contributed by atoms with van der Waals surface area (Å²) in [6, 6.07) is 8.81. The number of piperazine rings is 1. The monoisotopic (exact) mass is 690 g/mol. The summed E-state index contributed by atoms with van der Waals surface area (Å²) in [5.41, 5.74) is -0.154. The lowest BCUT2D eigenvalue weighted by atomic mass is 9.91. The Labute approximate surface area is 283 Å². The standard InChI is InChI=1S/C35H43F5N6O3/c1-42-14-16-43(17-15-42)26-6-12-45(13-7-26)33(48)25(18-23-19-28(35(38,39)40)32(37)29(36)20-23)21-31(47)44-10-8-27(9-11-44)46-22-24-4-2-3-5-30(24)41-34(46)49/h2-5,19-20,25-27H,6-18,21-22H2,1H3,(H,41,49)/t25-/m1/s1. The average molecular weight is 691 g/mol. The van der Waals surface area contributed by atoms with Crippen LogP contribution in [-0.4, -0.2) is 114 Å². The number of hydrogen-bond acceptors (Lipinski definition) is 5. The lowest BCUT2D eigenvalue weighted by molar-refractivity contribution is -0.143. The van der Waals surface area contributed by atoms with E-state index in [0.29, 0.717) is 63.7 Å². The van der Waals surface area contributed by atoms with Crippen molar-refractivity contribution in [2.24, 2.45) is 5.92 Å². The van der Waals surface area contributed by atoms with Crippen LogP contribution in [0.25, 0.3) is 0 Å². The lowest BCUT2D eigenvalue weighted by Gasteiger charge is -2.43. The van der Waals surface area contributed by atoms with Gasteiger partial charge in [0.1, 0.15) is 0 Å². The number of fused-ring (bicyclic) bond motifs is 1. The molecule has 3 fully saturated rings. The number of carbonyl (C=O) groups excluding carboxylic acids is 3. The van der Waals surface area contributed by atoms with E-state index in [1.165, 1.54) is 0 Å². The van der Waals surface area contributed by atoms with Gasteiger partial charge in [-0.15, -0.1) is 0 Å². The Morgan fingerprint density at radius 3 is 2.18 bits per heavy atom. The number of amides is 4. The fourth-order valence-electron chi connectivity index (χ4n) is 7.68. The van der Waals surface area contributed by atoms with E-state index in [4.69, 9.17) is 0 Å². The molecule has 0 saturated carbocycles. The highest BCUT2D eigenvalue weighted by Crippen LogP contribution is 2.34. The first-order chi connectivity index (χ1) is 23.4. The molecule has 3 saturated heterocycles. The van der Waals surface area contributed by atoms with E-state index < -0.39 is 29.3 Å². The first-order valence-corrected chi connectivity index (χ1v) is 17.1. The van der Waals surface area contributed by atoms with Gasteiger partial charge in [-0.2, -0.15) is 13.2 Å². The fourth-order valence-corrected chi connectivity index (χ4v) is 7.68. The van der Waals surface area contributed by atoms with Gasteiger partial charge < -0.3 is 24.9 Å². The van der Waals surface area contributed by atoms with Crippen molar-refractivity contribution in [3.63, 3.8) is 0 Å². The molecule has 0 spiro atoms. The van der Waals surface area contributed by atoms with Gasteiger partial charge >= 0.3 is 12.2 Å². The number of likely N-dealkylation sites (N-methyl/N-ethyl adjacent to an activating group) is 1. The fraction of sp³-hybridized carbons (Fsp3) is 0.571. The molecule has 4 aliphatic heterocycles. The van der Waals surface area contributed by atoms with Crippen molar-refractivity contribution in [3.05, 3.63) is 64.7 Å². The Balaban J connectivity index is 1.13. The third-order valence-electron chi connectivity index (χ3n) is 10.6. The van der Waals surface area contributed by atoms with Crippen molar-refractivity contribution in [3.8, 4) is 0 Å². The van der Waals surface area contributed by atoms with Crippen molar-refractivity contribution >= 4 is 23.5 Å². The average Bonchev–Trinajstić information content (AvgIpc) is 3.09. The van der Waals surface area contributed by atoms with Crippen LogP contribution in [0.15, 0.2) is 36.4 Å². The minimum Gasteiger partial charge on any atom is -0.343 e. The Morgan fingerprint density at radius 2 is 1.51 bits per heavy atom. The van der Waals surface area contributed by atoms with Gasteiger partial charge in [0.2, 0.25) is 11.8 Å². The Morgan fingerprint density at radius 1 is 0.878 bits per heavy atom. The van der Waals surface area contributed by atoms with Crippen LogP contribution >= 0.6 is 0 Å². The van der Waals surface area contributed by atoms with Crippen LogP contribution in [0.3, 0.4) is 0 Å². The molecule has 4 heterocycles. The largest absolute Gasteiger partial charge is 0.419 e. The van der Waals surface area contributed by atoms with Crippen molar-refractivity contribution in [1.29, 1.82) is 0 Å². The summed E-state index contributed by atoms with van der Waals surface area (Å²) in [5, 5.41) is 2.92. The second-order valence-corrected chi connectivity index (χ2v) is 13.8. The quantitative estimate of drug-likeness (QED) is 0.423. The molecule has 0 aromatic heterocycles. The zero-order valence-electron chi connectivity index (χ0n) is 27.7. The molecule has 9 nitrogen and oxygen atoms in total. The molecule has 14 heteroatoms. The van der Waals surface area contributed by atoms with Gasteiger partial charge in [0, 0.05) is 83.1 Å². The van der Waals surface area contributed by atoms with Crippen molar-refractivity contribution in [1.82, 2.24) is 24.5 Å². The van der Waals surface area contributed by atoms with Crippen LogP contribution in [0, 0.1) is 17.6 Å². The number of likely N-dealkylation sites (tertiary alicyclic amines) is 2. The zero-order valence-corrected chi connectivity index (χ0v) is 27.7. The highest BCUT2D eigenvalue weighted by molar-refractivity contribution is 5.92. The molecule has 0 bridgehead atoms. The summed E-state index contributed by atoms with van der Waals surface area (Å²) >= 11 is 0. The SMILES string of the molecule is CN1CCN(C2CCN(C(=O)[C@@H](CC(=O)N3CCC(N4Cc5ccccc5NC4=O)CC3)Cc3cc(F)c(F)c(C(F)(F)F)c3)CC2)CC1. The van der Waals surface area contributed by atoms with Crippen molar-refractivity contribution < 1.29 is 36.3 Å². The van der Waals surface area contributed by atoms with Gasteiger partial charge in [-0.05, 0) is 68.5 Å². The maximum atomic E-state index is 14.4. The molecule has 4 aliphatic rings. The maximum absolute atomic E-state index is 14.4. The molecule has 1 atom stereocenters. The predicted molar refractivity (Wildman–Crippen MR) is 172 cm³/mol. The normalized spacial score (nSPS) is 21.0. The topological polar surface area (TPSA) is 79.4 Å².